The number of aliphatic hydroxyl groups is 1. The third kappa shape index (κ3) is 6.98. The molecule has 2 aromatic rings. The molecule has 2 aromatic carbocycles. The van der Waals surface area contributed by atoms with Crippen molar-refractivity contribution in [1.29, 1.82) is 0 Å². The van der Waals surface area contributed by atoms with Crippen LogP contribution >= 0.6 is 34.8 Å². The Labute approximate surface area is 191 Å². The van der Waals surface area contributed by atoms with Crippen LogP contribution in [0.3, 0.4) is 0 Å². The van der Waals surface area contributed by atoms with Crippen LogP contribution in [-0.2, 0) is 0 Å². The molecule has 0 spiro atoms. The average Bonchev–Trinajstić information content (AvgIpc) is 2.74. The Kier molecular flexibility index (Phi) is 8.34. The molecule has 3 rings (SSSR count). The zero-order valence-electron chi connectivity index (χ0n) is 16.5. The summed E-state index contributed by atoms with van der Waals surface area (Å²) >= 11 is 7.40. The summed E-state index contributed by atoms with van der Waals surface area (Å²) in [6, 6.07) is 16.2. The van der Waals surface area contributed by atoms with Crippen LogP contribution < -0.4 is 20.3 Å². The number of piperazine rings is 1. The van der Waals surface area contributed by atoms with E-state index in [1.807, 2.05) is 24.3 Å². The van der Waals surface area contributed by atoms with E-state index < -0.39 is 6.10 Å². The molecule has 0 aliphatic carbocycles. The van der Waals surface area contributed by atoms with E-state index in [1.165, 1.54) is 9.26 Å². The molecule has 156 valence electrons. The van der Waals surface area contributed by atoms with Crippen molar-refractivity contribution in [2.75, 3.05) is 56.6 Å². The lowest BCUT2D eigenvalue weighted by Gasteiger charge is -2.36. The lowest BCUT2D eigenvalue weighted by Crippen LogP contribution is -2.49. The number of β-amino-alcohol motifs (C(OH)–C–C–N with tert-alkyl or cyclic N) is 1. The van der Waals surface area contributed by atoms with Crippen LogP contribution in [0.2, 0.25) is 0 Å². The molecule has 0 radical (unpaired) electrons. The first kappa shape index (κ1) is 22.1. The number of hydrogen-bond donors (Lipinski definition) is 3. The molecule has 0 bridgehead atoms. The minimum Gasteiger partial charge on any atom is -0.491 e. The summed E-state index contributed by atoms with van der Waals surface area (Å²) in [5.74, 6) is 0.730. The molecule has 1 aliphatic heterocycles. The molecule has 1 saturated heterocycles. The van der Waals surface area contributed by atoms with E-state index in [-0.39, 0.29) is 6.61 Å². The standard InChI is InChI=1S/C21H27IN4O2S/c1-23-21(29)24-17-4-8-20(9-5-17)28-15-19(27)14-25-10-12-26(13-11-25)18-6-2-16(22)3-7-18/h2-9,19,27H,10-15H2,1H3,(H2,23,24,29)/t19-/m0/s1. The molecule has 6 nitrogen and oxygen atoms in total. The Balaban J connectivity index is 1.38. The first-order chi connectivity index (χ1) is 14.0. The van der Waals surface area contributed by atoms with Crippen LogP contribution in [-0.4, -0.2) is 67.6 Å². The van der Waals surface area contributed by atoms with Crippen LogP contribution in [0.5, 0.6) is 5.75 Å². The number of nitrogens with zero attached hydrogens (tertiary/aromatic N) is 2. The van der Waals surface area contributed by atoms with E-state index in [2.05, 4.69) is 67.3 Å². The highest BCUT2D eigenvalue weighted by Crippen LogP contribution is 2.19. The molecule has 0 aromatic heterocycles. The van der Waals surface area contributed by atoms with Gasteiger partial charge in [0, 0.05) is 54.7 Å². The number of thiocarbonyl (C=S) groups is 1. The van der Waals surface area contributed by atoms with Gasteiger partial charge in [-0.3, -0.25) is 4.90 Å². The van der Waals surface area contributed by atoms with Gasteiger partial charge in [0.2, 0.25) is 0 Å². The van der Waals surface area contributed by atoms with Gasteiger partial charge >= 0.3 is 0 Å². The van der Waals surface area contributed by atoms with Crippen molar-refractivity contribution < 1.29 is 9.84 Å². The SMILES string of the molecule is CNC(=S)Nc1ccc(OC[C@@H](O)CN2CCN(c3ccc(I)cc3)CC2)cc1. The second kappa shape index (κ2) is 11.0. The van der Waals surface area contributed by atoms with Gasteiger partial charge in [0.15, 0.2) is 5.11 Å². The summed E-state index contributed by atoms with van der Waals surface area (Å²) < 4.78 is 6.98. The maximum atomic E-state index is 10.4. The van der Waals surface area contributed by atoms with E-state index in [1.54, 1.807) is 7.05 Å². The molecule has 8 heteroatoms. The molecule has 1 fully saturated rings. The fourth-order valence-electron chi connectivity index (χ4n) is 3.21. The molecule has 1 atom stereocenters. The minimum absolute atomic E-state index is 0.277. The van der Waals surface area contributed by atoms with Crippen LogP contribution in [0.1, 0.15) is 0 Å². The van der Waals surface area contributed by atoms with Crippen LogP contribution in [0.4, 0.5) is 11.4 Å². The van der Waals surface area contributed by atoms with E-state index in [9.17, 15) is 5.11 Å². The second-order valence-electron chi connectivity index (χ2n) is 6.96. The molecular formula is C21H27IN4O2S. The largest absolute Gasteiger partial charge is 0.491 e. The third-order valence-corrected chi connectivity index (χ3v) is 5.84. The quantitative estimate of drug-likeness (QED) is 0.379. The van der Waals surface area contributed by atoms with Gasteiger partial charge < -0.3 is 25.4 Å². The van der Waals surface area contributed by atoms with Crippen molar-refractivity contribution in [2.24, 2.45) is 0 Å². The molecule has 1 aliphatic rings. The lowest BCUT2D eigenvalue weighted by molar-refractivity contribution is 0.0663. The number of rotatable bonds is 7. The zero-order chi connectivity index (χ0) is 20.6. The summed E-state index contributed by atoms with van der Waals surface area (Å²) in [5, 5.41) is 16.9. The number of ether oxygens (including phenoxy) is 1. The molecule has 1 heterocycles. The molecule has 0 amide bonds. The van der Waals surface area contributed by atoms with Crippen molar-refractivity contribution in [3.8, 4) is 5.75 Å². The predicted molar refractivity (Wildman–Crippen MR) is 131 cm³/mol. The summed E-state index contributed by atoms with van der Waals surface area (Å²) in [7, 11) is 1.77. The van der Waals surface area contributed by atoms with Crippen LogP contribution in [0.25, 0.3) is 0 Å². The van der Waals surface area contributed by atoms with Crippen molar-refractivity contribution in [2.45, 2.75) is 6.10 Å². The van der Waals surface area contributed by atoms with Gasteiger partial charge in [-0.15, -0.1) is 0 Å². The van der Waals surface area contributed by atoms with Crippen LogP contribution in [0, 0.1) is 3.57 Å². The van der Waals surface area contributed by atoms with E-state index in [0.717, 1.165) is 37.6 Å². The van der Waals surface area contributed by atoms with Crippen molar-refractivity contribution >= 4 is 51.3 Å². The third-order valence-electron chi connectivity index (χ3n) is 4.81. The molecule has 0 unspecified atom stereocenters. The smallest absolute Gasteiger partial charge is 0.170 e. The normalized spacial score (nSPS) is 15.6. The summed E-state index contributed by atoms with van der Waals surface area (Å²) in [6.07, 6.45) is -0.519. The van der Waals surface area contributed by atoms with Crippen molar-refractivity contribution in [3.63, 3.8) is 0 Å². The average molecular weight is 526 g/mol. The number of halogens is 1. The van der Waals surface area contributed by atoms with Gasteiger partial charge in [0.25, 0.3) is 0 Å². The summed E-state index contributed by atoms with van der Waals surface area (Å²) in [4.78, 5) is 4.69. The molecule has 3 N–H and O–H groups in total. The van der Waals surface area contributed by atoms with E-state index in [4.69, 9.17) is 17.0 Å². The second-order valence-corrected chi connectivity index (χ2v) is 8.61. The predicted octanol–water partition coefficient (Wildman–Crippen LogP) is 2.77. The first-order valence-electron chi connectivity index (χ1n) is 9.66. The zero-order valence-corrected chi connectivity index (χ0v) is 19.4. The van der Waals surface area contributed by atoms with Gasteiger partial charge in [0.1, 0.15) is 18.5 Å². The highest BCUT2D eigenvalue weighted by Gasteiger charge is 2.19. The number of benzene rings is 2. The number of aliphatic hydroxyl groups excluding tert-OH is 1. The Bertz CT molecular complexity index is 780. The summed E-state index contributed by atoms with van der Waals surface area (Å²) in [5.41, 5.74) is 2.16. The number of nitrogens with one attached hydrogen (secondary N) is 2. The van der Waals surface area contributed by atoms with Gasteiger partial charge in [-0.1, -0.05) is 0 Å². The monoisotopic (exact) mass is 526 g/mol. The Morgan fingerprint density at radius 1 is 1.10 bits per heavy atom. The van der Waals surface area contributed by atoms with Gasteiger partial charge in [0.05, 0.1) is 0 Å². The Morgan fingerprint density at radius 2 is 1.76 bits per heavy atom. The fraction of sp³-hybridized carbons (Fsp3) is 0.381. The molecule has 0 saturated carbocycles. The topological polar surface area (TPSA) is 60.0 Å². The van der Waals surface area contributed by atoms with Crippen molar-refractivity contribution in [1.82, 2.24) is 10.2 Å². The van der Waals surface area contributed by atoms with E-state index >= 15 is 0 Å². The number of anilines is 2. The van der Waals surface area contributed by atoms with Crippen LogP contribution in [0.15, 0.2) is 48.5 Å². The maximum Gasteiger partial charge on any atom is 0.170 e. The lowest BCUT2D eigenvalue weighted by atomic mass is 10.2. The van der Waals surface area contributed by atoms with Crippen molar-refractivity contribution in [3.05, 3.63) is 52.1 Å². The van der Waals surface area contributed by atoms with Gasteiger partial charge in [-0.25, -0.2) is 0 Å². The Morgan fingerprint density at radius 3 is 2.38 bits per heavy atom. The highest BCUT2D eigenvalue weighted by atomic mass is 127. The first-order valence-corrected chi connectivity index (χ1v) is 11.1. The summed E-state index contributed by atoms with van der Waals surface area (Å²) in [6.45, 7) is 4.72. The minimum atomic E-state index is -0.519. The Hall–Kier alpha value is -1.62. The van der Waals surface area contributed by atoms with Gasteiger partial charge in [-0.2, -0.15) is 0 Å². The molecule has 29 heavy (non-hydrogen) atoms. The maximum absolute atomic E-state index is 10.4. The van der Waals surface area contributed by atoms with E-state index in [0.29, 0.717) is 11.7 Å². The highest BCUT2D eigenvalue weighted by molar-refractivity contribution is 14.1. The molecular weight excluding hydrogens is 499 g/mol. The number of hydrogen-bond acceptors (Lipinski definition) is 5. The fourth-order valence-corrected chi connectivity index (χ4v) is 3.69. The van der Waals surface area contributed by atoms with Gasteiger partial charge in [-0.05, 0) is 83.3 Å².